The zero-order chi connectivity index (χ0) is 23.4. The highest BCUT2D eigenvalue weighted by molar-refractivity contribution is 9.10. The number of benzene rings is 2. The van der Waals surface area contributed by atoms with E-state index in [0.29, 0.717) is 23.9 Å². The third-order valence-electron chi connectivity index (χ3n) is 5.20. The second-order valence-electron chi connectivity index (χ2n) is 8.26. The minimum absolute atomic E-state index is 0.225. The number of carbonyl (C=O) groups is 1. The van der Waals surface area contributed by atoms with Gasteiger partial charge in [0.2, 0.25) is 0 Å². The van der Waals surface area contributed by atoms with Crippen LogP contribution in [0.1, 0.15) is 52.8 Å². The highest BCUT2D eigenvalue weighted by atomic mass is 79.9. The first-order valence-corrected chi connectivity index (χ1v) is 11.6. The maximum Gasteiger partial charge on any atom is 0.291 e. The average Bonchev–Trinajstić information content (AvgIpc) is 3.43. The molecule has 0 atom stereocenters. The Morgan fingerprint density at radius 1 is 1.15 bits per heavy atom. The topological polar surface area (TPSA) is 69.3 Å². The number of aryl methyl sites for hydroxylation is 1. The first kappa shape index (κ1) is 22.9. The van der Waals surface area contributed by atoms with Crippen molar-refractivity contribution in [2.24, 2.45) is 0 Å². The number of nitrogens with one attached hydrogen (secondary N) is 1. The Kier molecular flexibility index (Phi) is 6.99. The van der Waals surface area contributed by atoms with Crippen LogP contribution in [0.4, 0.5) is 5.69 Å². The number of nitrogens with zero attached hydrogens (tertiary/aromatic N) is 2. The highest BCUT2D eigenvalue weighted by Crippen LogP contribution is 2.28. The van der Waals surface area contributed by atoms with Gasteiger partial charge in [-0.2, -0.15) is 5.10 Å². The summed E-state index contributed by atoms with van der Waals surface area (Å²) in [5, 5.41) is 7.15. The molecule has 33 heavy (non-hydrogen) atoms. The molecule has 0 saturated heterocycles. The number of hydrogen-bond donors (Lipinski definition) is 1. The second-order valence-corrected chi connectivity index (χ2v) is 9.17. The van der Waals surface area contributed by atoms with Crippen LogP contribution in [0, 0.1) is 6.92 Å². The number of anilines is 1. The van der Waals surface area contributed by atoms with Crippen LogP contribution in [-0.2, 0) is 13.2 Å². The molecule has 1 amide bonds. The summed E-state index contributed by atoms with van der Waals surface area (Å²) in [6.07, 6.45) is 3.41. The van der Waals surface area contributed by atoms with Gasteiger partial charge in [-0.25, -0.2) is 0 Å². The monoisotopic (exact) mass is 507 g/mol. The maximum absolute atomic E-state index is 12.6. The van der Waals surface area contributed by atoms with Gasteiger partial charge in [-0.15, -0.1) is 0 Å². The smallest absolute Gasteiger partial charge is 0.291 e. The van der Waals surface area contributed by atoms with Crippen LogP contribution < -0.4 is 10.1 Å². The van der Waals surface area contributed by atoms with Gasteiger partial charge in [-0.1, -0.05) is 54.0 Å². The molecule has 170 valence electrons. The average molecular weight is 508 g/mol. The van der Waals surface area contributed by atoms with Crippen LogP contribution in [0.15, 0.2) is 75.9 Å². The molecule has 0 unspecified atom stereocenters. The van der Waals surface area contributed by atoms with Gasteiger partial charge < -0.3 is 14.5 Å². The van der Waals surface area contributed by atoms with E-state index in [2.05, 4.69) is 52.3 Å². The highest BCUT2D eigenvalue weighted by Gasteiger charge is 2.14. The van der Waals surface area contributed by atoms with E-state index in [-0.39, 0.29) is 18.3 Å². The number of carbonyl (C=O) groups excluding carboxylic acids is 1. The molecule has 0 bridgehead atoms. The molecule has 0 radical (unpaired) electrons. The van der Waals surface area contributed by atoms with E-state index in [4.69, 9.17) is 9.15 Å². The summed E-state index contributed by atoms with van der Waals surface area (Å²) in [7, 11) is 0. The standard InChI is InChI=1S/C26H26BrN3O3/c1-17(2)23-10-4-18(3)12-25(23)32-16-22-9-11-24(33-22)26(31)29-21-13-28-30(15-21)14-19-5-7-20(27)8-6-19/h4-13,15,17H,14,16H2,1-3H3,(H,29,31). The lowest BCUT2D eigenvalue weighted by Gasteiger charge is -2.14. The van der Waals surface area contributed by atoms with Crippen molar-refractivity contribution in [1.29, 1.82) is 0 Å². The molecule has 0 fully saturated rings. The minimum atomic E-state index is -0.331. The lowest BCUT2D eigenvalue weighted by molar-refractivity contribution is 0.0992. The normalized spacial score (nSPS) is 11.1. The Morgan fingerprint density at radius 2 is 1.94 bits per heavy atom. The Bertz CT molecular complexity index is 1240. The Balaban J connectivity index is 1.35. The van der Waals surface area contributed by atoms with E-state index in [0.717, 1.165) is 26.9 Å². The molecule has 7 heteroatoms. The lowest BCUT2D eigenvalue weighted by Crippen LogP contribution is -2.10. The van der Waals surface area contributed by atoms with Crippen molar-refractivity contribution in [3.8, 4) is 5.75 Å². The third kappa shape index (κ3) is 5.93. The van der Waals surface area contributed by atoms with Crippen LogP contribution in [0.3, 0.4) is 0 Å². The lowest BCUT2D eigenvalue weighted by atomic mass is 10.0. The zero-order valence-electron chi connectivity index (χ0n) is 18.8. The fourth-order valence-corrected chi connectivity index (χ4v) is 3.72. The molecule has 1 N–H and O–H groups in total. The number of amides is 1. The van der Waals surface area contributed by atoms with Crippen LogP contribution in [-0.4, -0.2) is 15.7 Å². The van der Waals surface area contributed by atoms with Crippen molar-refractivity contribution in [1.82, 2.24) is 9.78 Å². The summed E-state index contributed by atoms with van der Waals surface area (Å²) in [6.45, 7) is 7.17. The Morgan fingerprint density at radius 3 is 2.70 bits per heavy atom. The molecule has 0 spiro atoms. The van der Waals surface area contributed by atoms with Crippen molar-refractivity contribution in [3.63, 3.8) is 0 Å². The van der Waals surface area contributed by atoms with Gasteiger partial charge in [0.25, 0.3) is 5.91 Å². The maximum atomic E-state index is 12.6. The van der Waals surface area contributed by atoms with Crippen molar-refractivity contribution >= 4 is 27.5 Å². The van der Waals surface area contributed by atoms with E-state index in [1.165, 1.54) is 0 Å². The van der Waals surface area contributed by atoms with Gasteiger partial charge in [0.15, 0.2) is 5.76 Å². The predicted molar refractivity (Wildman–Crippen MR) is 132 cm³/mol. The van der Waals surface area contributed by atoms with E-state index >= 15 is 0 Å². The molecular formula is C26H26BrN3O3. The quantitative estimate of drug-likeness (QED) is 0.293. The largest absolute Gasteiger partial charge is 0.485 e. The van der Waals surface area contributed by atoms with Gasteiger partial charge in [0.05, 0.1) is 18.4 Å². The molecule has 4 aromatic rings. The molecule has 2 aromatic heterocycles. The van der Waals surface area contributed by atoms with Gasteiger partial charge in [0, 0.05) is 10.7 Å². The van der Waals surface area contributed by atoms with Crippen molar-refractivity contribution in [2.75, 3.05) is 5.32 Å². The molecule has 6 nitrogen and oxygen atoms in total. The van der Waals surface area contributed by atoms with Gasteiger partial charge in [-0.05, 0) is 59.9 Å². The Labute approximate surface area is 201 Å². The Hall–Kier alpha value is -3.32. The van der Waals surface area contributed by atoms with Crippen molar-refractivity contribution in [3.05, 3.63) is 99.7 Å². The third-order valence-corrected chi connectivity index (χ3v) is 5.72. The zero-order valence-corrected chi connectivity index (χ0v) is 20.4. The molecule has 2 aromatic carbocycles. The molecule has 0 aliphatic carbocycles. The number of hydrogen-bond acceptors (Lipinski definition) is 4. The van der Waals surface area contributed by atoms with Gasteiger partial charge >= 0.3 is 0 Å². The fourth-order valence-electron chi connectivity index (χ4n) is 3.45. The molecule has 0 saturated carbocycles. The predicted octanol–water partition coefficient (Wildman–Crippen LogP) is 6.55. The number of rotatable bonds is 8. The van der Waals surface area contributed by atoms with Crippen molar-refractivity contribution < 1.29 is 13.9 Å². The number of furan rings is 1. The van der Waals surface area contributed by atoms with E-state index in [9.17, 15) is 4.79 Å². The summed E-state index contributed by atoms with van der Waals surface area (Å²) in [4.78, 5) is 12.6. The van der Waals surface area contributed by atoms with Gasteiger partial charge in [-0.3, -0.25) is 9.48 Å². The molecule has 0 aliphatic heterocycles. The van der Waals surface area contributed by atoms with Crippen LogP contribution in [0.2, 0.25) is 0 Å². The van der Waals surface area contributed by atoms with E-state index in [1.807, 2.05) is 37.3 Å². The molecule has 4 rings (SSSR count). The van der Waals surface area contributed by atoms with Crippen molar-refractivity contribution in [2.45, 2.75) is 39.8 Å². The van der Waals surface area contributed by atoms with Gasteiger partial charge in [0.1, 0.15) is 18.1 Å². The summed E-state index contributed by atoms with van der Waals surface area (Å²) in [6, 6.07) is 17.6. The van der Waals surface area contributed by atoms with E-state index in [1.54, 1.807) is 29.2 Å². The van der Waals surface area contributed by atoms with Crippen LogP contribution in [0.5, 0.6) is 5.75 Å². The first-order chi connectivity index (χ1) is 15.9. The van der Waals surface area contributed by atoms with Crippen LogP contribution in [0.25, 0.3) is 0 Å². The number of ether oxygens (including phenoxy) is 1. The summed E-state index contributed by atoms with van der Waals surface area (Å²) < 4.78 is 14.5. The summed E-state index contributed by atoms with van der Waals surface area (Å²) >= 11 is 3.43. The number of aromatic nitrogens is 2. The molecular weight excluding hydrogens is 482 g/mol. The summed E-state index contributed by atoms with van der Waals surface area (Å²) in [5.41, 5.74) is 4.00. The molecule has 0 aliphatic rings. The summed E-state index contributed by atoms with van der Waals surface area (Å²) in [5.74, 6) is 1.67. The SMILES string of the molecule is Cc1ccc(C(C)C)c(OCc2ccc(C(=O)Nc3cnn(Cc4ccc(Br)cc4)c3)o2)c1. The minimum Gasteiger partial charge on any atom is -0.485 e. The second kappa shape index (κ2) is 10.1. The molecule has 2 heterocycles. The van der Waals surface area contributed by atoms with E-state index < -0.39 is 0 Å². The fraction of sp³-hybridized carbons (Fsp3) is 0.231. The number of halogens is 1. The van der Waals surface area contributed by atoms with Crippen LogP contribution >= 0.6 is 15.9 Å². The first-order valence-electron chi connectivity index (χ1n) is 10.8.